The molecular weight excluding hydrogens is 332 g/mol. The van der Waals surface area contributed by atoms with E-state index in [1.165, 1.54) is 10.9 Å². The Morgan fingerprint density at radius 1 is 1.31 bits per heavy atom. The zero-order valence-corrected chi connectivity index (χ0v) is 15.2. The van der Waals surface area contributed by atoms with Crippen LogP contribution in [0.15, 0.2) is 35.4 Å². The van der Waals surface area contributed by atoms with Gasteiger partial charge in [0.15, 0.2) is 0 Å². The average molecular weight is 356 g/mol. The zero-order valence-electron chi connectivity index (χ0n) is 15.2. The number of nitrogens with zero attached hydrogens (tertiary/aromatic N) is 3. The molecule has 2 aromatic rings. The van der Waals surface area contributed by atoms with Crippen molar-refractivity contribution in [1.29, 1.82) is 0 Å². The summed E-state index contributed by atoms with van der Waals surface area (Å²) in [6.45, 7) is 5.13. The van der Waals surface area contributed by atoms with Crippen LogP contribution in [0.25, 0.3) is 10.9 Å². The number of fused-ring (bicyclic) bond motifs is 1. The van der Waals surface area contributed by atoms with Gasteiger partial charge in [-0.3, -0.25) is 19.0 Å². The second kappa shape index (κ2) is 7.27. The molecule has 0 saturated carbocycles. The van der Waals surface area contributed by atoms with E-state index in [-0.39, 0.29) is 17.4 Å². The van der Waals surface area contributed by atoms with Gasteiger partial charge in [-0.25, -0.2) is 4.98 Å². The molecule has 1 aliphatic heterocycles. The molecule has 1 N–H and O–H groups in total. The lowest BCUT2D eigenvalue weighted by Gasteiger charge is -2.43. The van der Waals surface area contributed by atoms with E-state index in [1.807, 2.05) is 19.1 Å². The maximum absolute atomic E-state index is 12.6. The predicted molar refractivity (Wildman–Crippen MR) is 98.7 cm³/mol. The molecule has 3 rings (SSSR count). The Kier molecular flexibility index (Phi) is 5.06. The monoisotopic (exact) mass is 356 g/mol. The minimum Gasteiger partial charge on any atom is -0.352 e. The van der Waals surface area contributed by atoms with Crippen molar-refractivity contribution in [1.82, 2.24) is 19.8 Å². The Morgan fingerprint density at radius 2 is 2.08 bits per heavy atom. The van der Waals surface area contributed by atoms with Crippen molar-refractivity contribution in [3.05, 3.63) is 40.9 Å². The number of nitrogens with one attached hydrogen (secondary N) is 1. The highest BCUT2D eigenvalue weighted by Gasteiger charge is 2.42. The molecule has 7 heteroatoms. The highest BCUT2D eigenvalue weighted by molar-refractivity contribution is 5.92. The Morgan fingerprint density at radius 3 is 2.85 bits per heavy atom. The van der Waals surface area contributed by atoms with Crippen molar-refractivity contribution >= 4 is 22.7 Å². The van der Waals surface area contributed by atoms with Gasteiger partial charge in [-0.05, 0) is 31.9 Å². The van der Waals surface area contributed by atoms with Crippen LogP contribution in [0.2, 0.25) is 0 Å². The number of aromatic nitrogens is 2. The van der Waals surface area contributed by atoms with Crippen LogP contribution < -0.4 is 10.9 Å². The van der Waals surface area contributed by atoms with E-state index in [0.29, 0.717) is 49.8 Å². The molecule has 7 nitrogen and oxygen atoms in total. The maximum atomic E-state index is 12.6. The van der Waals surface area contributed by atoms with Crippen molar-refractivity contribution < 1.29 is 9.59 Å². The number of aryl methyl sites for hydroxylation is 1. The molecule has 0 spiro atoms. The van der Waals surface area contributed by atoms with Crippen molar-refractivity contribution in [2.75, 3.05) is 13.1 Å². The van der Waals surface area contributed by atoms with Gasteiger partial charge in [-0.1, -0.05) is 19.1 Å². The summed E-state index contributed by atoms with van der Waals surface area (Å²) >= 11 is 0. The SMILES string of the molecule is CC[C@]1(C)C(=O)NCCN1C(=O)CCCn1cnc2ccccc2c1=O. The Hall–Kier alpha value is -2.70. The Bertz CT molecular complexity index is 892. The molecule has 1 aromatic carbocycles. The number of hydrogen-bond donors (Lipinski definition) is 1. The Labute approximate surface area is 152 Å². The van der Waals surface area contributed by atoms with Gasteiger partial charge in [0, 0.05) is 26.1 Å². The number of para-hydroxylation sites is 1. The highest BCUT2D eigenvalue weighted by Crippen LogP contribution is 2.23. The topological polar surface area (TPSA) is 84.3 Å². The summed E-state index contributed by atoms with van der Waals surface area (Å²) in [5.41, 5.74) is -0.224. The number of carbonyl (C=O) groups is 2. The van der Waals surface area contributed by atoms with E-state index in [1.54, 1.807) is 24.0 Å². The van der Waals surface area contributed by atoms with Gasteiger partial charge in [-0.2, -0.15) is 0 Å². The number of hydrogen-bond acceptors (Lipinski definition) is 4. The van der Waals surface area contributed by atoms with Crippen molar-refractivity contribution in [3.8, 4) is 0 Å². The fourth-order valence-corrected chi connectivity index (χ4v) is 3.39. The second-order valence-corrected chi connectivity index (χ2v) is 6.79. The van der Waals surface area contributed by atoms with E-state index < -0.39 is 5.54 Å². The normalized spacial score (nSPS) is 20.2. The number of benzene rings is 1. The molecule has 138 valence electrons. The highest BCUT2D eigenvalue weighted by atomic mass is 16.2. The lowest BCUT2D eigenvalue weighted by molar-refractivity contribution is -0.150. The van der Waals surface area contributed by atoms with E-state index in [2.05, 4.69) is 10.3 Å². The first-order chi connectivity index (χ1) is 12.5. The van der Waals surface area contributed by atoms with Gasteiger partial charge >= 0.3 is 0 Å². The van der Waals surface area contributed by atoms with E-state index in [9.17, 15) is 14.4 Å². The molecule has 1 fully saturated rings. The van der Waals surface area contributed by atoms with Crippen molar-refractivity contribution in [2.24, 2.45) is 0 Å². The first-order valence-corrected chi connectivity index (χ1v) is 9.00. The summed E-state index contributed by atoms with van der Waals surface area (Å²) in [6, 6.07) is 7.21. The van der Waals surface area contributed by atoms with E-state index in [4.69, 9.17) is 0 Å². The molecule has 0 radical (unpaired) electrons. The molecule has 0 aliphatic carbocycles. The number of piperazine rings is 1. The van der Waals surface area contributed by atoms with Crippen LogP contribution >= 0.6 is 0 Å². The van der Waals surface area contributed by atoms with Crippen LogP contribution in [-0.4, -0.2) is 44.9 Å². The lowest BCUT2D eigenvalue weighted by Crippen LogP contribution is -2.64. The third kappa shape index (κ3) is 3.21. The molecule has 1 aliphatic rings. The standard InChI is InChI=1S/C19H24N4O3/c1-3-19(2)18(26)20-10-12-23(19)16(24)9-6-11-22-13-21-15-8-5-4-7-14(15)17(22)25/h4-5,7-8,13H,3,6,9-12H2,1-2H3,(H,20,26)/t19-/m1/s1. The van der Waals surface area contributed by atoms with Crippen LogP contribution in [0.1, 0.15) is 33.1 Å². The largest absolute Gasteiger partial charge is 0.352 e. The molecule has 26 heavy (non-hydrogen) atoms. The molecule has 2 amide bonds. The van der Waals surface area contributed by atoms with Gasteiger partial charge in [0.05, 0.1) is 17.2 Å². The molecule has 0 unspecified atom stereocenters. The number of carbonyl (C=O) groups excluding carboxylic acids is 2. The summed E-state index contributed by atoms with van der Waals surface area (Å²) < 4.78 is 1.54. The third-order valence-electron chi connectivity index (χ3n) is 5.22. The van der Waals surface area contributed by atoms with Gasteiger partial charge in [0.2, 0.25) is 11.8 Å². The molecule has 1 atom stereocenters. The van der Waals surface area contributed by atoms with Gasteiger partial charge in [0.25, 0.3) is 5.56 Å². The van der Waals surface area contributed by atoms with Crippen molar-refractivity contribution in [2.45, 2.75) is 45.2 Å². The maximum Gasteiger partial charge on any atom is 0.261 e. The second-order valence-electron chi connectivity index (χ2n) is 6.79. The summed E-state index contributed by atoms with van der Waals surface area (Å²) in [7, 11) is 0. The van der Waals surface area contributed by atoms with Crippen LogP contribution in [0.3, 0.4) is 0 Å². The fourth-order valence-electron chi connectivity index (χ4n) is 3.39. The Balaban J connectivity index is 1.66. The van der Waals surface area contributed by atoms with Crippen LogP contribution in [0.4, 0.5) is 0 Å². The number of rotatable bonds is 5. The molecule has 1 aromatic heterocycles. The van der Waals surface area contributed by atoms with Crippen LogP contribution in [0.5, 0.6) is 0 Å². The zero-order chi connectivity index (χ0) is 18.7. The van der Waals surface area contributed by atoms with Gasteiger partial charge < -0.3 is 10.2 Å². The third-order valence-corrected chi connectivity index (χ3v) is 5.22. The fraction of sp³-hybridized carbons (Fsp3) is 0.474. The summed E-state index contributed by atoms with van der Waals surface area (Å²) in [5.74, 6) is -0.152. The van der Waals surface area contributed by atoms with Crippen LogP contribution in [0, 0.1) is 0 Å². The average Bonchev–Trinajstić information content (AvgIpc) is 2.66. The lowest BCUT2D eigenvalue weighted by atomic mass is 9.92. The van der Waals surface area contributed by atoms with Crippen molar-refractivity contribution in [3.63, 3.8) is 0 Å². The number of amides is 2. The first kappa shape index (κ1) is 18.1. The summed E-state index contributed by atoms with van der Waals surface area (Å²) in [5, 5.41) is 3.40. The predicted octanol–water partition coefficient (Wildman–Crippen LogP) is 1.30. The van der Waals surface area contributed by atoms with Crippen LogP contribution in [-0.2, 0) is 16.1 Å². The summed E-state index contributed by atoms with van der Waals surface area (Å²) in [6.07, 6.45) is 2.91. The minimum absolute atomic E-state index is 0.0500. The van der Waals surface area contributed by atoms with E-state index >= 15 is 0 Å². The smallest absolute Gasteiger partial charge is 0.261 e. The first-order valence-electron chi connectivity index (χ1n) is 9.00. The van der Waals surface area contributed by atoms with E-state index in [0.717, 1.165) is 0 Å². The quantitative estimate of drug-likeness (QED) is 0.875. The minimum atomic E-state index is -0.795. The molecule has 1 saturated heterocycles. The molecule has 0 bridgehead atoms. The molecule has 2 heterocycles. The van der Waals surface area contributed by atoms with Gasteiger partial charge in [0.1, 0.15) is 5.54 Å². The van der Waals surface area contributed by atoms with Gasteiger partial charge in [-0.15, -0.1) is 0 Å². The summed E-state index contributed by atoms with van der Waals surface area (Å²) in [4.78, 5) is 43.3. The molecular formula is C19H24N4O3.